The number of carbonyl (C=O) groups excluding carboxylic acids is 1. The van der Waals surface area contributed by atoms with Crippen LogP contribution >= 0.6 is 11.3 Å². The zero-order valence-electron chi connectivity index (χ0n) is 30.1. The third kappa shape index (κ3) is 7.80. The number of thiophene rings is 1. The largest absolute Gasteiger partial charge is 0.512 e. The van der Waals surface area contributed by atoms with Gasteiger partial charge in [0.25, 0.3) is 0 Å². The van der Waals surface area contributed by atoms with Crippen molar-refractivity contribution in [3.63, 3.8) is 0 Å². The van der Waals surface area contributed by atoms with E-state index in [9.17, 15) is 9.90 Å². The second-order valence-corrected chi connectivity index (χ2v) is 14.8. The third-order valence-electron chi connectivity index (χ3n) is 10.5. The summed E-state index contributed by atoms with van der Waals surface area (Å²) in [4.78, 5) is 18.4. The minimum Gasteiger partial charge on any atom is -0.512 e. The average molecular weight is 839 g/mol. The quantitative estimate of drug-likeness (QED) is 0.0914. The van der Waals surface area contributed by atoms with Crippen LogP contribution in [-0.2, 0) is 24.9 Å². The minimum atomic E-state index is 0. The molecule has 3 nitrogen and oxygen atoms in total. The molecular weight excluding hydrogens is 787 g/mol. The van der Waals surface area contributed by atoms with E-state index in [1.807, 2.05) is 39.0 Å². The van der Waals surface area contributed by atoms with E-state index in [2.05, 4.69) is 76.2 Å². The Morgan fingerprint density at radius 3 is 2.23 bits per heavy atom. The molecule has 0 bridgehead atoms. The maximum atomic E-state index is 11.7. The Hall–Kier alpha value is -2.85. The maximum absolute atomic E-state index is 11.7. The Labute approximate surface area is 305 Å². The molecule has 5 heteroatoms. The average Bonchev–Trinajstić information content (AvgIpc) is 3.70. The number of aliphatic hydroxyl groups excluding tert-OH is 1. The van der Waals surface area contributed by atoms with Crippen LogP contribution in [0.2, 0.25) is 0 Å². The topological polar surface area (TPSA) is 50.2 Å². The third-order valence-corrected chi connectivity index (χ3v) is 11.7. The molecule has 3 aromatic carbocycles. The van der Waals surface area contributed by atoms with Gasteiger partial charge in [-0.15, -0.1) is 17.5 Å². The second kappa shape index (κ2) is 16.7. The number of ketones is 1. The number of aliphatic hydroxyl groups is 1. The number of rotatable bonds is 9. The van der Waals surface area contributed by atoms with E-state index in [0.29, 0.717) is 5.92 Å². The molecule has 0 aliphatic heterocycles. The summed E-state index contributed by atoms with van der Waals surface area (Å²) in [5, 5.41) is 15.0. The number of pyridine rings is 1. The van der Waals surface area contributed by atoms with E-state index in [1.165, 1.54) is 90.7 Å². The molecule has 1 fully saturated rings. The molecule has 0 atom stereocenters. The van der Waals surface area contributed by atoms with Crippen molar-refractivity contribution >= 4 is 48.9 Å². The first-order chi connectivity index (χ1) is 22.6. The molecule has 0 amide bonds. The van der Waals surface area contributed by atoms with Gasteiger partial charge in [0.05, 0.1) is 11.3 Å². The van der Waals surface area contributed by atoms with Crippen molar-refractivity contribution in [2.24, 2.45) is 11.8 Å². The number of hydrogen-bond acceptors (Lipinski definition) is 4. The number of aromatic nitrogens is 1. The van der Waals surface area contributed by atoms with Gasteiger partial charge in [0.2, 0.25) is 0 Å². The second-order valence-electron chi connectivity index (χ2n) is 13.6. The zero-order valence-corrected chi connectivity index (χ0v) is 33.3. The first-order valence-corrected chi connectivity index (χ1v) is 18.6. The first-order valence-electron chi connectivity index (χ1n) is 17.8. The van der Waals surface area contributed by atoms with Crippen LogP contribution in [0, 0.1) is 45.6 Å². The summed E-state index contributed by atoms with van der Waals surface area (Å²) in [6.45, 7) is 17.0. The van der Waals surface area contributed by atoms with Gasteiger partial charge in [-0.25, -0.2) is 0 Å². The molecule has 2 heterocycles. The molecule has 0 spiro atoms. The van der Waals surface area contributed by atoms with Crippen molar-refractivity contribution in [3.05, 3.63) is 87.5 Å². The van der Waals surface area contributed by atoms with Crippen LogP contribution in [0.4, 0.5) is 0 Å². The van der Waals surface area contributed by atoms with Crippen molar-refractivity contribution < 1.29 is 30.0 Å². The molecule has 2 aromatic heterocycles. The van der Waals surface area contributed by atoms with Crippen LogP contribution in [0.1, 0.15) is 112 Å². The molecular formula is C43H52IrNO2S-. The van der Waals surface area contributed by atoms with Crippen molar-refractivity contribution in [1.82, 2.24) is 4.98 Å². The number of benzene rings is 3. The van der Waals surface area contributed by atoms with E-state index in [4.69, 9.17) is 4.98 Å². The van der Waals surface area contributed by atoms with Crippen molar-refractivity contribution in [3.8, 4) is 11.3 Å². The number of allylic oxidation sites excluding steroid dienone is 2. The first kappa shape index (κ1) is 38.0. The van der Waals surface area contributed by atoms with E-state index < -0.39 is 0 Å². The van der Waals surface area contributed by atoms with Crippen LogP contribution in [0.15, 0.2) is 54.3 Å². The monoisotopic (exact) mass is 839 g/mol. The Bertz CT molecular complexity index is 1920. The van der Waals surface area contributed by atoms with E-state index >= 15 is 0 Å². The number of hydrogen-bond donors (Lipinski definition) is 1. The maximum Gasteiger partial charge on any atom is 0.162 e. The Morgan fingerprint density at radius 1 is 0.938 bits per heavy atom. The van der Waals surface area contributed by atoms with Gasteiger partial charge in [0, 0.05) is 49.1 Å². The summed E-state index contributed by atoms with van der Waals surface area (Å²) < 4.78 is 1.37. The van der Waals surface area contributed by atoms with Gasteiger partial charge >= 0.3 is 0 Å². The van der Waals surface area contributed by atoms with Crippen molar-refractivity contribution in [1.29, 1.82) is 0 Å². The molecule has 257 valence electrons. The molecule has 1 N–H and O–H groups in total. The summed E-state index contributed by atoms with van der Waals surface area (Å²) in [5.41, 5.74) is 8.90. The summed E-state index contributed by atoms with van der Waals surface area (Å²) in [7, 11) is 0. The van der Waals surface area contributed by atoms with Crippen LogP contribution in [-0.4, -0.2) is 15.9 Å². The van der Waals surface area contributed by atoms with Gasteiger partial charge < -0.3 is 5.11 Å². The van der Waals surface area contributed by atoms with Gasteiger partial charge in [-0.2, -0.15) is 11.3 Å². The van der Waals surface area contributed by atoms with Crippen LogP contribution in [0.3, 0.4) is 0 Å². The smallest absolute Gasteiger partial charge is 0.162 e. The fourth-order valence-corrected chi connectivity index (χ4v) is 8.76. The Morgan fingerprint density at radius 2 is 1.58 bits per heavy atom. The molecule has 6 rings (SSSR count). The van der Waals surface area contributed by atoms with E-state index in [-0.39, 0.29) is 43.5 Å². The van der Waals surface area contributed by atoms with Crippen molar-refractivity contribution in [2.75, 3.05) is 0 Å². The summed E-state index contributed by atoms with van der Waals surface area (Å²) in [6.07, 6.45) is 10.2. The van der Waals surface area contributed by atoms with Gasteiger partial charge in [0.15, 0.2) is 5.78 Å². The van der Waals surface area contributed by atoms with Gasteiger partial charge in [0.1, 0.15) is 0 Å². The fraction of sp³-hybridized carbons (Fsp3) is 0.442. The zero-order chi connectivity index (χ0) is 33.8. The van der Waals surface area contributed by atoms with E-state index in [0.717, 1.165) is 36.9 Å². The van der Waals surface area contributed by atoms with Gasteiger partial charge in [-0.3, -0.25) is 9.78 Å². The van der Waals surface area contributed by atoms with Gasteiger partial charge in [-0.05, 0) is 104 Å². The summed E-state index contributed by atoms with van der Waals surface area (Å²) >= 11 is 1.91. The van der Waals surface area contributed by atoms with Crippen LogP contribution < -0.4 is 0 Å². The SMILES string of the molecule is CCC(CC)C(=O)/C=C(\O)C(CC)CC.Cc1cc(C)c2c(C3CCCC3)cc(-c3[c-]c4ccccc4c4sc(C)c(C)c34)nc2c1.[Ir]. The Balaban J connectivity index is 0.000000279. The normalized spacial score (nSPS) is 13.8. The van der Waals surface area contributed by atoms with Crippen LogP contribution in [0.25, 0.3) is 43.0 Å². The summed E-state index contributed by atoms with van der Waals surface area (Å²) in [6, 6.07) is 19.5. The molecule has 5 aromatic rings. The molecule has 1 saturated carbocycles. The van der Waals surface area contributed by atoms with Gasteiger partial charge in [-0.1, -0.05) is 92.8 Å². The molecule has 1 aliphatic rings. The fourth-order valence-electron chi connectivity index (χ4n) is 7.55. The summed E-state index contributed by atoms with van der Waals surface area (Å²) in [5.74, 6) is 1.19. The van der Waals surface area contributed by atoms with Crippen LogP contribution in [0.5, 0.6) is 0 Å². The molecule has 0 saturated heterocycles. The molecule has 0 unspecified atom stereocenters. The molecule has 48 heavy (non-hydrogen) atoms. The standard InChI is InChI=1S/C30H28NS.C13H24O2.Ir/c1-17-13-18(2)28-24(21-9-5-6-10-21)16-26(31-27(28)14-17)25-15-22-11-7-8-12-23(22)30-29(25)19(3)20(4)32-30;1-5-10(6-2)12(14)9-13(15)11(7-3)8-4;/h7-8,11-14,16,21H,5-6,9-10H2,1-4H3;9-11,14H,5-8H2,1-4H3;/q-1;;/b;12-9-;. The predicted molar refractivity (Wildman–Crippen MR) is 203 cm³/mol. The van der Waals surface area contributed by atoms with E-state index in [1.54, 1.807) is 0 Å². The van der Waals surface area contributed by atoms with Crippen molar-refractivity contribution in [2.45, 2.75) is 113 Å². The predicted octanol–water partition coefficient (Wildman–Crippen LogP) is 12.8. The Kier molecular flexibility index (Phi) is 13.2. The number of nitrogens with zero attached hydrogens (tertiary/aromatic N) is 1. The number of fused-ring (bicyclic) bond motifs is 4. The number of aryl methyl sites for hydroxylation is 4. The minimum absolute atomic E-state index is 0. The number of carbonyl (C=O) groups is 1. The molecule has 1 radical (unpaired) electrons. The molecule has 1 aliphatic carbocycles.